The summed E-state index contributed by atoms with van der Waals surface area (Å²) in [6.45, 7) is 2.07. The van der Waals surface area contributed by atoms with Crippen LogP contribution in [0.1, 0.15) is 22.6 Å². The number of hydrogen-bond acceptors (Lipinski definition) is 6. The molecule has 1 amide bonds. The van der Waals surface area contributed by atoms with Gasteiger partial charge in [0.1, 0.15) is 5.69 Å². The van der Waals surface area contributed by atoms with Crippen molar-refractivity contribution >= 4 is 17.7 Å². The van der Waals surface area contributed by atoms with Crippen LogP contribution >= 0.6 is 11.8 Å². The van der Waals surface area contributed by atoms with Crippen molar-refractivity contribution in [3.63, 3.8) is 0 Å². The molecule has 0 aromatic carbocycles. The van der Waals surface area contributed by atoms with Crippen LogP contribution in [0.25, 0.3) is 0 Å². The van der Waals surface area contributed by atoms with E-state index in [1.807, 2.05) is 34.9 Å². The molecule has 2 aliphatic rings. The summed E-state index contributed by atoms with van der Waals surface area (Å²) in [5, 5.41) is 0. The topological polar surface area (TPSA) is 68.2 Å². The van der Waals surface area contributed by atoms with Gasteiger partial charge in [-0.25, -0.2) is 4.98 Å². The lowest BCUT2D eigenvalue weighted by Gasteiger charge is -2.47. The molecular weight excluding hydrogens is 324 g/mol. The van der Waals surface area contributed by atoms with E-state index in [0.29, 0.717) is 12.3 Å². The van der Waals surface area contributed by atoms with Crippen LogP contribution in [-0.2, 0) is 11.3 Å². The van der Waals surface area contributed by atoms with Gasteiger partial charge in [-0.3, -0.25) is 14.8 Å². The fourth-order valence-electron chi connectivity index (χ4n) is 3.18. The molecule has 2 saturated heterocycles. The first kappa shape index (κ1) is 15.5. The van der Waals surface area contributed by atoms with Gasteiger partial charge in [0.05, 0.1) is 29.3 Å². The second-order valence-corrected chi connectivity index (χ2v) is 7.69. The Bertz CT molecular complexity index is 707. The van der Waals surface area contributed by atoms with Crippen LogP contribution in [0.5, 0.6) is 0 Å². The summed E-state index contributed by atoms with van der Waals surface area (Å²) in [5.41, 5.74) is 1.37. The summed E-state index contributed by atoms with van der Waals surface area (Å²) in [5.74, 6) is 0.937. The Morgan fingerprint density at radius 2 is 2.21 bits per heavy atom. The zero-order chi connectivity index (χ0) is 16.4. The molecule has 0 aliphatic carbocycles. The van der Waals surface area contributed by atoms with Crippen molar-refractivity contribution in [1.29, 1.82) is 0 Å². The summed E-state index contributed by atoms with van der Waals surface area (Å²) >= 11 is 1.92. The second-order valence-electron chi connectivity index (χ2n) is 6.20. The average molecular weight is 342 g/mol. The van der Waals surface area contributed by atoms with Crippen molar-refractivity contribution in [1.82, 2.24) is 19.9 Å². The van der Waals surface area contributed by atoms with Crippen LogP contribution in [0.3, 0.4) is 0 Å². The third-order valence-corrected chi connectivity index (χ3v) is 5.97. The van der Waals surface area contributed by atoms with E-state index in [1.165, 1.54) is 6.20 Å². The van der Waals surface area contributed by atoms with E-state index in [1.54, 1.807) is 18.6 Å². The van der Waals surface area contributed by atoms with E-state index in [4.69, 9.17) is 4.74 Å². The first-order valence-electron chi connectivity index (χ1n) is 7.95. The van der Waals surface area contributed by atoms with E-state index in [9.17, 15) is 4.79 Å². The highest BCUT2D eigenvalue weighted by atomic mass is 32.2. The first-order chi connectivity index (χ1) is 11.7. The summed E-state index contributed by atoms with van der Waals surface area (Å²) in [7, 11) is 0. The molecule has 24 heavy (non-hydrogen) atoms. The van der Waals surface area contributed by atoms with Crippen LogP contribution in [0.15, 0.2) is 43.0 Å². The highest BCUT2D eigenvalue weighted by Gasteiger charge is 2.51. The zero-order valence-electron chi connectivity index (χ0n) is 13.2. The number of thioether (sulfide) groups is 1. The van der Waals surface area contributed by atoms with E-state index in [-0.39, 0.29) is 16.8 Å². The third-order valence-electron chi connectivity index (χ3n) is 4.40. The minimum Gasteiger partial charge on any atom is -0.371 e. The first-order valence-corrected chi connectivity index (χ1v) is 8.93. The van der Waals surface area contributed by atoms with Gasteiger partial charge in [0.15, 0.2) is 0 Å². The Kier molecular flexibility index (Phi) is 4.20. The van der Waals surface area contributed by atoms with E-state index >= 15 is 0 Å². The maximum atomic E-state index is 12.3. The Hall–Kier alpha value is -1.99. The molecule has 0 N–H and O–H groups in total. The standard InChI is InChI=1S/C17H18N4O2S/c22-16(15-8-18-5-6-20-15)21-11-17(12-21)7-14(10-24-17)23-9-13-3-1-2-4-19-13/h1-6,8,14H,7,9-12H2/t14-/m1/s1. The summed E-state index contributed by atoms with van der Waals surface area (Å²) in [6.07, 6.45) is 7.64. The lowest BCUT2D eigenvalue weighted by Crippen LogP contribution is -2.60. The number of carbonyl (C=O) groups is 1. The summed E-state index contributed by atoms with van der Waals surface area (Å²) < 4.78 is 6.14. The van der Waals surface area contributed by atoms with Crippen LogP contribution in [-0.4, -0.2) is 55.5 Å². The molecule has 124 valence electrons. The monoisotopic (exact) mass is 342 g/mol. The van der Waals surface area contributed by atoms with Gasteiger partial charge >= 0.3 is 0 Å². The number of nitrogens with zero attached hydrogens (tertiary/aromatic N) is 4. The maximum absolute atomic E-state index is 12.3. The molecule has 1 atom stereocenters. The lowest BCUT2D eigenvalue weighted by molar-refractivity contribution is 0.0243. The van der Waals surface area contributed by atoms with Gasteiger partial charge in [-0.2, -0.15) is 0 Å². The minimum atomic E-state index is -0.0350. The van der Waals surface area contributed by atoms with E-state index < -0.39 is 0 Å². The Labute approximate surface area is 144 Å². The molecule has 4 heterocycles. The second kappa shape index (κ2) is 6.49. The zero-order valence-corrected chi connectivity index (χ0v) is 14.0. The van der Waals surface area contributed by atoms with Gasteiger partial charge in [0.2, 0.25) is 0 Å². The predicted molar refractivity (Wildman–Crippen MR) is 90.6 cm³/mol. The molecular formula is C17H18N4O2S. The molecule has 0 unspecified atom stereocenters. The van der Waals surface area contributed by atoms with Gasteiger partial charge < -0.3 is 9.64 Å². The molecule has 1 spiro atoms. The molecule has 7 heteroatoms. The molecule has 2 aromatic rings. The molecule has 0 saturated carbocycles. The Morgan fingerprint density at radius 3 is 2.96 bits per heavy atom. The third kappa shape index (κ3) is 3.14. The molecule has 2 fully saturated rings. The van der Waals surface area contributed by atoms with Gasteiger partial charge in [-0.05, 0) is 18.6 Å². The Morgan fingerprint density at radius 1 is 1.29 bits per heavy atom. The van der Waals surface area contributed by atoms with Crippen molar-refractivity contribution in [2.24, 2.45) is 0 Å². The number of pyridine rings is 1. The molecule has 0 radical (unpaired) electrons. The highest BCUT2D eigenvalue weighted by molar-refractivity contribution is 8.01. The van der Waals surface area contributed by atoms with Gasteiger partial charge in [-0.15, -0.1) is 11.8 Å². The van der Waals surface area contributed by atoms with Gasteiger partial charge in [0, 0.05) is 37.4 Å². The number of carbonyl (C=O) groups excluding carboxylic acids is 1. The van der Waals surface area contributed by atoms with Crippen molar-refractivity contribution in [2.45, 2.75) is 23.9 Å². The highest BCUT2D eigenvalue weighted by Crippen LogP contribution is 2.46. The molecule has 0 bridgehead atoms. The minimum absolute atomic E-state index is 0.0350. The quantitative estimate of drug-likeness (QED) is 0.844. The van der Waals surface area contributed by atoms with Crippen molar-refractivity contribution in [3.8, 4) is 0 Å². The molecule has 4 rings (SSSR count). The SMILES string of the molecule is O=C(c1cnccn1)N1CC2(C[C@@H](OCc3ccccn3)CS2)C1. The van der Waals surface area contributed by atoms with Crippen molar-refractivity contribution < 1.29 is 9.53 Å². The van der Waals surface area contributed by atoms with Crippen molar-refractivity contribution in [3.05, 3.63) is 54.4 Å². The fraction of sp³-hybridized carbons (Fsp3) is 0.412. The smallest absolute Gasteiger partial charge is 0.274 e. The summed E-state index contributed by atoms with van der Waals surface area (Å²) in [6, 6.07) is 5.85. The predicted octanol–water partition coefficient (Wildman–Crippen LogP) is 1.79. The molecule has 6 nitrogen and oxygen atoms in total. The van der Waals surface area contributed by atoms with Crippen LogP contribution in [0.2, 0.25) is 0 Å². The number of ether oxygens (including phenoxy) is 1. The van der Waals surface area contributed by atoms with E-state index in [0.717, 1.165) is 31.0 Å². The van der Waals surface area contributed by atoms with E-state index in [2.05, 4.69) is 15.0 Å². The average Bonchev–Trinajstić information content (AvgIpc) is 3.04. The Balaban J connectivity index is 1.28. The number of aromatic nitrogens is 3. The fourth-order valence-corrected chi connectivity index (χ4v) is 4.73. The van der Waals surface area contributed by atoms with Crippen LogP contribution in [0.4, 0.5) is 0 Å². The van der Waals surface area contributed by atoms with Crippen molar-refractivity contribution in [2.75, 3.05) is 18.8 Å². The van der Waals surface area contributed by atoms with Gasteiger partial charge in [-0.1, -0.05) is 6.07 Å². The number of rotatable bonds is 4. The maximum Gasteiger partial charge on any atom is 0.274 e. The largest absolute Gasteiger partial charge is 0.371 e. The normalized spacial score (nSPS) is 21.7. The van der Waals surface area contributed by atoms with Crippen LogP contribution < -0.4 is 0 Å². The number of hydrogen-bond donors (Lipinski definition) is 0. The summed E-state index contributed by atoms with van der Waals surface area (Å²) in [4.78, 5) is 26.5. The lowest BCUT2D eigenvalue weighted by atomic mass is 9.92. The number of amides is 1. The van der Waals surface area contributed by atoms with Crippen LogP contribution in [0, 0.1) is 0 Å². The number of likely N-dealkylation sites (tertiary alicyclic amines) is 1. The molecule has 2 aromatic heterocycles. The van der Waals surface area contributed by atoms with Gasteiger partial charge in [0.25, 0.3) is 5.91 Å². The molecule has 2 aliphatic heterocycles.